The summed E-state index contributed by atoms with van der Waals surface area (Å²) in [6.45, 7) is 1.50. The van der Waals surface area contributed by atoms with E-state index in [9.17, 15) is 14.7 Å². The lowest BCUT2D eigenvalue weighted by atomic mass is 10.0. The van der Waals surface area contributed by atoms with Crippen LogP contribution in [0.15, 0.2) is 48.9 Å². The highest BCUT2D eigenvalue weighted by Crippen LogP contribution is 2.14. The fourth-order valence-corrected chi connectivity index (χ4v) is 3.29. The molecule has 0 bridgehead atoms. The van der Waals surface area contributed by atoms with Gasteiger partial charge in [0.1, 0.15) is 5.69 Å². The van der Waals surface area contributed by atoms with Crippen molar-refractivity contribution >= 4 is 11.8 Å². The van der Waals surface area contributed by atoms with Gasteiger partial charge in [0.2, 0.25) is 5.91 Å². The number of hydrogen-bond acceptors (Lipinski definition) is 6. The number of carbonyl (C=O) groups is 2. The third-order valence-electron chi connectivity index (χ3n) is 4.71. The van der Waals surface area contributed by atoms with Gasteiger partial charge in [0.05, 0.1) is 18.7 Å². The Labute approximate surface area is 164 Å². The van der Waals surface area contributed by atoms with Crippen molar-refractivity contribution in [3.63, 3.8) is 0 Å². The SMILES string of the molecule is CN(CC(=O)NC1CCN(C(=O)c2ccccn2)CC1O)Cc1ccncc1. The summed E-state index contributed by atoms with van der Waals surface area (Å²) in [6.07, 6.45) is 4.70. The van der Waals surface area contributed by atoms with E-state index in [0.717, 1.165) is 5.56 Å². The minimum absolute atomic E-state index is 0.148. The van der Waals surface area contributed by atoms with E-state index in [0.29, 0.717) is 25.2 Å². The zero-order valence-electron chi connectivity index (χ0n) is 15.9. The van der Waals surface area contributed by atoms with Crippen LogP contribution in [0, 0.1) is 0 Å². The number of rotatable bonds is 6. The summed E-state index contributed by atoms with van der Waals surface area (Å²) in [7, 11) is 1.87. The molecule has 2 aromatic rings. The quantitative estimate of drug-likeness (QED) is 0.745. The summed E-state index contributed by atoms with van der Waals surface area (Å²) in [5, 5.41) is 13.3. The molecule has 2 amide bonds. The largest absolute Gasteiger partial charge is 0.389 e. The van der Waals surface area contributed by atoms with Gasteiger partial charge in [-0.05, 0) is 43.3 Å². The number of aliphatic hydroxyl groups is 1. The van der Waals surface area contributed by atoms with E-state index in [1.54, 1.807) is 41.7 Å². The highest BCUT2D eigenvalue weighted by atomic mass is 16.3. The lowest BCUT2D eigenvalue weighted by molar-refractivity contribution is -0.124. The minimum Gasteiger partial charge on any atom is -0.389 e. The molecular formula is C20H25N5O3. The van der Waals surface area contributed by atoms with E-state index >= 15 is 0 Å². The first-order valence-corrected chi connectivity index (χ1v) is 9.28. The number of piperidine rings is 1. The third kappa shape index (κ3) is 5.34. The molecule has 1 aliphatic rings. The molecule has 0 aliphatic carbocycles. The summed E-state index contributed by atoms with van der Waals surface area (Å²) >= 11 is 0. The van der Waals surface area contributed by atoms with Crippen molar-refractivity contribution in [2.75, 3.05) is 26.7 Å². The smallest absolute Gasteiger partial charge is 0.272 e. The van der Waals surface area contributed by atoms with Crippen molar-refractivity contribution < 1.29 is 14.7 Å². The number of hydrogen-bond donors (Lipinski definition) is 2. The van der Waals surface area contributed by atoms with Crippen LogP contribution in [-0.2, 0) is 11.3 Å². The number of nitrogens with zero attached hydrogens (tertiary/aromatic N) is 4. The summed E-state index contributed by atoms with van der Waals surface area (Å²) in [6, 6.07) is 8.61. The van der Waals surface area contributed by atoms with Crippen molar-refractivity contribution in [3.8, 4) is 0 Å². The van der Waals surface area contributed by atoms with E-state index in [-0.39, 0.29) is 30.9 Å². The summed E-state index contributed by atoms with van der Waals surface area (Å²) < 4.78 is 0. The number of pyridine rings is 2. The number of aliphatic hydroxyl groups excluding tert-OH is 1. The minimum atomic E-state index is -0.809. The molecule has 3 rings (SSSR count). The van der Waals surface area contributed by atoms with Crippen LogP contribution in [-0.4, -0.2) is 75.5 Å². The molecule has 28 heavy (non-hydrogen) atoms. The molecule has 8 nitrogen and oxygen atoms in total. The van der Waals surface area contributed by atoms with Crippen LogP contribution in [0.5, 0.6) is 0 Å². The van der Waals surface area contributed by atoms with Gasteiger partial charge in [0, 0.05) is 38.2 Å². The summed E-state index contributed by atoms with van der Waals surface area (Å²) in [4.78, 5) is 36.3. The molecule has 3 heterocycles. The Kier molecular flexibility index (Phi) is 6.67. The molecule has 8 heteroatoms. The van der Waals surface area contributed by atoms with Gasteiger partial charge in [0.15, 0.2) is 0 Å². The highest BCUT2D eigenvalue weighted by Gasteiger charge is 2.31. The van der Waals surface area contributed by atoms with E-state index < -0.39 is 6.10 Å². The number of carbonyl (C=O) groups excluding carboxylic acids is 2. The predicted molar refractivity (Wildman–Crippen MR) is 103 cm³/mol. The summed E-state index contributed by atoms with van der Waals surface area (Å²) in [5.41, 5.74) is 1.43. The lowest BCUT2D eigenvalue weighted by Gasteiger charge is -2.36. The van der Waals surface area contributed by atoms with Crippen molar-refractivity contribution in [1.29, 1.82) is 0 Å². The molecule has 2 N–H and O–H groups in total. The predicted octanol–water partition coefficient (Wildman–Crippen LogP) is 0.300. The number of likely N-dealkylation sites (N-methyl/N-ethyl adjacent to an activating group) is 1. The second-order valence-corrected chi connectivity index (χ2v) is 7.02. The number of nitrogens with one attached hydrogen (secondary N) is 1. The molecule has 2 aromatic heterocycles. The molecule has 148 valence electrons. The van der Waals surface area contributed by atoms with Crippen LogP contribution in [0.4, 0.5) is 0 Å². The maximum absolute atomic E-state index is 12.4. The van der Waals surface area contributed by atoms with Crippen LogP contribution in [0.25, 0.3) is 0 Å². The first-order chi connectivity index (χ1) is 13.5. The van der Waals surface area contributed by atoms with Gasteiger partial charge in [-0.3, -0.25) is 24.5 Å². The van der Waals surface area contributed by atoms with Gasteiger partial charge in [-0.1, -0.05) is 6.07 Å². The molecule has 0 spiro atoms. The Morgan fingerprint density at radius 3 is 2.71 bits per heavy atom. The Morgan fingerprint density at radius 2 is 2.04 bits per heavy atom. The first-order valence-electron chi connectivity index (χ1n) is 9.28. The maximum atomic E-state index is 12.4. The fourth-order valence-electron chi connectivity index (χ4n) is 3.29. The average Bonchev–Trinajstić information content (AvgIpc) is 2.70. The van der Waals surface area contributed by atoms with E-state index in [1.165, 1.54) is 0 Å². The highest BCUT2D eigenvalue weighted by molar-refractivity contribution is 5.92. The second-order valence-electron chi connectivity index (χ2n) is 7.02. The normalized spacial score (nSPS) is 19.5. The Hall–Kier alpha value is -2.84. The van der Waals surface area contributed by atoms with Gasteiger partial charge < -0.3 is 15.3 Å². The fraction of sp³-hybridized carbons (Fsp3) is 0.400. The second kappa shape index (κ2) is 9.38. The Balaban J connectivity index is 1.46. The van der Waals surface area contributed by atoms with Gasteiger partial charge in [-0.25, -0.2) is 0 Å². The topological polar surface area (TPSA) is 98.7 Å². The molecule has 1 aliphatic heterocycles. The molecular weight excluding hydrogens is 358 g/mol. The number of amides is 2. The van der Waals surface area contributed by atoms with Crippen LogP contribution in [0.2, 0.25) is 0 Å². The zero-order valence-corrected chi connectivity index (χ0v) is 15.9. The zero-order chi connectivity index (χ0) is 19.9. The van der Waals surface area contributed by atoms with Gasteiger partial charge in [-0.2, -0.15) is 0 Å². The molecule has 0 radical (unpaired) electrons. The first kappa shape index (κ1) is 19.9. The number of likely N-dealkylation sites (tertiary alicyclic amines) is 1. The van der Waals surface area contributed by atoms with Crippen LogP contribution >= 0.6 is 0 Å². The molecule has 2 atom stereocenters. The monoisotopic (exact) mass is 383 g/mol. The Morgan fingerprint density at radius 1 is 1.25 bits per heavy atom. The van der Waals surface area contributed by atoms with Crippen molar-refractivity contribution in [1.82, 2.24) is 25.1 Å². The number of β-amino-alcohol motifs (C(OH)–C–C–N with tert-alkyl or cyclic N) is 1. The van der Waals surface area contributed by atoms with Crippen LogP contribution in [0.1, 0.15) is 22.5 Å². The van der Waals surface area contributed by atoms with E-state index in [1.807, 2.05) is 24.1 Å². The lowest BCUT2D eigenvalue weighted by Crippen LogP contribution is -2.56. The van der Waals surface area contributed by atoms with Crippen LogP contribution < -0.4 is 5.32 Å². The number of aromatic nitrogens is 2. The van der Waals surface area contributed by atoms with E-state index in [2.05, 4.69) is 15.3 Å². The van der Waals surface area contributed by atoms with Crippen molar-refractivity contribution in [2.45, 2.75) is 25.1 Å². The standard InChI is InChI=1S/C20H25N5O3/c1-24(12-15-5-9-21-10-6-15)14-19(27)23-16-7-11-25(13-18(16)26)20(28)17-4-2-3-8-22-17/h2-6,8-10,16,18,26H,7,11-14H2,1H3,(H,23,27). The molecule has 0 saturated carbocycles. The molecule has 1 fully saturated rings. The molecule has 0 aromatic carbocycles. The van der Waals surface area contributed by atoms with Crippen molar-refractivity contribution in [2.24, 2.45) is 0 Å². The van der Waals surface area contributed by atoms with Gasteiger partial charge >= 0.3 is 0 Å². The summed E-state index contributed by atoms with van der Waals surface area (Å²) in [5.74, 6) is -0.355. The van der Waals surface area contributed by atoms with E-state index in [4.69, 9.17) is 0 Å². The van der Waals surface area contributed by atoms with Gasteiger partial charge in [-0.15, -0.1) is 0 Å². The molecule has 2 unspecified atom stereocenters. The Bertz CT molecular complexity index is 787. The van der Waals surface area contributed by atoms with Crippen LogP contribution in [0.3, 0.4) is 0 Å². The average molecular weight is 383 g/mol. The third-order valence-corrected chi connectivity index (χ3v) is 4.71. The maximum Gasteiger partial charge on any atom is 0.272 e. The van der Waals surface area contributed by atoms with Crippen molar-refractivity contribution in [3.05, 3.63) is 60.2 Å². The molecule has 1 saturated heterocycles. The van der Waals surface area contributed by atoms with Gasteiger partial charge in [0.25, 0.3) is 5.91 Å².